The molecule has 0 aliphatic carbocycles. The van der Waals surface area contributed by atoms with Gasteiger partial charge in [-0.25, -0.2) is 35.1 Å². The summed E-state index contributed by atoms with van der Waals surface area (Å²) in [7, 11) is 0. The second kappa shape index (κ2) is 16.0. The van der Waals surface area contributed by atoms with E-state index in [1.165, 1.54) is 0 Å². The number of benzene rings is 3. The van der Waals surface area contributed by atoms with Crippen LogP contribution in [0.25, 0.3) is 42.7 Å². The highest BCUT2D eigenvalue weighted by molar-refractivity contribution is 7.15. The fourth-order valence-corrected chi connectivity index (χ4v) is 7.69. The van der Waals surface area contributed by atoms with Crippen molar-refractivity contribution in [2.75, 3.05) is 0 Å². The van der Waals surface area contributed by atoms with E-state index < -0.39 is 89.2 Å². The summed E-state index contributed by atoms with van der Waals surface area (Å²) in [5.74, 6) is -15.9. The highest BCUT2D eigenvalue weighted by Gasteiger charge is 2.35. The molecule has 4 nitrogen and oxygen atoms in total. The van der Waals surface area contributed by atoms with Gasteiger partial charge in [-0.05, 0) is 12.8 Å². The van der Waals surface area contributed by atoms with Gasteiger partial charge in [0.05, 0.1) is 16.5 Å². The van der Waals surface area contributed by atoms with Gasteiger partial charge in [-0.2, -0.15) is 0 Å². The average Bonchev–Trinajstić information content (AvgIpc) is 3.74. The van der Waals surface area contributed by atoms with Gasteiger partial charge in [-0.1, -0.05) is 101 Å². The van der Waals surface area contributed by atoms with Crippen molar-refractivity contribution in [2.45, 2.75) is 104 Å². The zero-order chi connectivity index (χ0) is 34.5. The third-order valence-corrected chi connectivity index (χ3v) is 10.4. The third kappa shape index (κ3) is 7.05. The number of unbranched alkanes of at least 4 members (excludes halogenated alkanes) is 10. The molecule has 0 amide bonds. The zero-order valence-corrected chi connectivity index (χ0v) is 28.2. The number of hydrogen-bond acceptors (Lipinski definition) is 6. The van der Waals surface area contributed by atoms with E-state index in [-0.39, 0.29) is 0 Å². The van der Waals surface area contributed by atoms with Gasteiger partial charge in [0, 0.05) is 29.0 Å². The number of halogens is 8. The molecular formula is C34H34F8N4S2. The van der Waals surface area contributed by atoms with Crippen LogP contribution in [0.15, 0.2) is 0 Å². The van der Waals surface area contributed by atoms with E-state index in [4.69, 9.17) is 0 Å². The summed E-state index contributed by atoms with van der Waals surface area (Å²) in [4.78, 5) is 0. The Kier molecular flexibility index (Phi) is 12.0. The van der Waals surface area contributed by atoms with Crippen LogP contribution in [0.4, 0.5) is 35.1 Å². The van der Waals surface area contributed by atoms with E-state index in [1.807, 2.05) is 0 Å². The maximum Gasteiger partial charge on any atom is 0.195 e. The maximum atomic E-state index is 16.0. The Labute approximate surface area is 280 Å². The van der Waals surface area contributed by atoms with Crippen LogP contribution < -0.4 is 0 Å². The first kappa shape index (κ1) is 36.0. The van der Waals surface area contributed by atoms with Crippen LogP contribution in [0.2, 0.25) is 0 Å². The average molecular weight is 715 g/mol. The predicted octanol–water partition coefficient (Wildman–Crippen LogP) is 11.9. The lowest BCUT2D eigenvalue weighted by Crippen LogP contribution is -2.06. The number of aromatic nitrogens is 4. The molecular weight excluding hydrogens is 681 g/mol. The molecule has 5 rings (SSSR count). The molecule has 0 saturated heterocycles. The van der Waals surface area contributed by atoms with Crippen molar-refractivity contribution in [3.05, 3.63) is 56.6 Å². The molecule has 14 heteroatoms. The number of rotatable bonds is 16. The van der Waals surface area contributed by atoms with Gasteiger partial charge in [-0.3, -0.25) is 0 Å². The summed E-state index contributed by atoms with van der Waals surface area (Å²) in [5.41, 5.74) is -2.15. The monoisotopic (exact) mass is 714 g/mol. The van der Waals surface area contributed by atoms with Gasteiger partial charge in [-0.15, -0.1) is 20.4 Å². The van der Waals surface area contributed by atoms with Crippen molar-refractivity contribution in [1.82, 2.24) is 20.4 Å². The van der Waals surface area contributed by atoms with E-state index in [2.05, 4.69) is 34.2 Å². The summed E-state index contributed by atoms with van der Waals surface area (Å²) < 4.78 is 125. The summed E-state index contributed by atoms with van der Waals surface area (Å²) >= 11 is 1.49. The third-order valence-electron chi connectivity index (χ3n) is 8.38. The van der Waals surface area contributed by atoms with Crippen LogP contribution in [0.5, 0.6) is 0 Å². The topological polar surface area (TPSA) is 51.6 Å². The zero-order valence-electron chi connectivity index (χ0n) is 26.5. The minimum Gasteiger partial charge on any atom is -0.205 e. The molecule has 0 spiro atoms. The fraction of sp³-hybridized carbons (Fsp3) is 0.471. The van der Waals surface area contributed by atoms with Crippen molar-refractivity contribution in [3.63, 3.8) is 0 Å². The molecule has 0 radical (unpaired) electrons. The van der Waals surface area contributed by atoms with E-state index in [1.54, 1.807) is 0 Å². The molecule has 0 unspecified atom stereocenters. The second-order valence-corrected chi connectivity index (χ2v) is 13.9. The minimum absolute atomic E-state index is 0.375. The largest absolute Gasteiger partial charge is 0.205 e. The molecule has 0 bridgehead atoms. The summed E-state index contributed by atoms with van der Waals surface area (Å²) in [6.07, 6.45) is 12.5. The summed E-state index contributed by atoms with van der Waals surface area (Å²) in [5, 5.41) is 9.77. The summed E-state index contributed by atoms with van der Waals surface area (Å²) in [6, 6.07) is 0. The lowest BCUT2D eigenvalue weighted by Gasteiger charge is -2.16. The van der Waals surface area contributed by atoms with Gasteiger partial charge < -0.3 is 0 Å². The number of aryl methyl sites for hydroxylation is 2. The van der Waals surface area contributed by atoms with Crippen molar-refractivity contribution in [3.8, 4) is 21.1 Å². The normalized spacial score (nSPS) is 11.9. The second-order valence-electron chi connectivity index (χ2n) is 11.8. The summed E-state index contributed by atoms with van der Waals surface area (Å²) in [6.45, 7) is 4.19. The van der Waals surface area contributed by atoms with Crippen molar-refractivity contribution in [2.24, 2.45) is 0 Å². The Balaban J connectivity index is 1.58. The van der Waals surface area contributed by atoms with E-state index in [0.29, 0.717) is 29.3 Å². The van der Waals surface area contributed by atoms with Crippen LogP contribution in [0, 0.1) is 46.5 Å². The van der Waals surface area contributed by atoms with Crippen LogP contribution in [-0.4, -0.2) is 20.4 Å². The van der Waals surface area contributed by atoms with Crippen LogP contribution in [0.3, 0.4) is 0 Å². The molecule has 5 aromatic rings. The van der Waals surface area contributed by atoms with Crippen molar-refractivity contribution < 1.29 is 35.1 Å². The van der Waals surface area contributed by atoms with Crippen molar-refractivity contribution >= 4 is 44.2 Å². The molecule has 0 N–H and O–H groups in total. The molecule has 3 aromatic carbocycles. The first-order valence-corrected chi connectivity index (χ1v) is 17.9. The molecule has 2 aromatic heterocycles. The molecule has 0 aliphatic heterocycles. The minimum atomic E-state index is -2.18. The Bertz CT molecular complexity index is 1920. The Morgan fingerprint density at radius 1 is 0.375 bits per heavy atom. The van der Waals surface area contributed by atoms with Gasteiger partial charge in [0.15, 0.2) is 50.7 Å². The smallest absolute Gasteiger partial charge is 0.195 e. The van der Waals surface area contributed by atoms with Crippen LogP contribution >= 0.6 is 22.7 Å². The molecule has 0 atom stereocenters. The van der Waals surface area contributed by atoms with E-state index in [9.17, 15) is 0 Å². The SMILES string of the molecule is CCCCCCCCc1nnc(-c2c(F)c(F)c3c(c2F)c(F)c(F)c2c(-c4nnc(CCCCCCCC)s4)c(F)c(F)c(F)c23)s1. The highest BCUT2D eigenvalue weighted by atomic mass is 32.1. The Morgan fingerprint density at radius 2 is 0.771 bits per heavy atom. The fourth-order valence-electron chi connectivity index (χ4n) is 5.85. The standard InChI is InChI=1S/C34H34F8N4S2/c1-3-5-7-9-11-13-15-17-43-45-33(47-17)23-21-19(28(38)32(42)30(23)40)20-22(29(39)27(21)37)25(35)24(31(41)26(20)36)34-46-44-18(48-34)16-14-12-10-8-6-4-2/h3-16H2,1-2H3. The molecule has 0 saturated carbocycles. The number of nitrogens with zero attached hydrogens (tertiary/aromatic N) is 4. The number of hydrogen-bond donors (Lipinski definition) is 0. The first-order chi connectivity index (χ1) is 23.1. The molecule has 258 valence electrons. The van der Waals surface area contributed by atoms with E-state index >= 15 is 35.1 Å². The van der Waals surface area contributed by atoms with Crippen LogP contribution in [0.1, 0.15) is 101 Å². The maximum absolute atomic E-state index is 16.0. The van der Waals surface area contributed by atoms with Gasteiger partial charge >= 0.3 is 0 Å². The number of fused-ring (bicyclic) bond motifs is 3. The van der Waals surface area contributed by atoms with Crippen LogP contribution in [-0.2, 0) is 12.8 Å². The van der Waals surface area contributed by atoms with Gasteiger partial charge in [0.1, 0.15) is 15.8 Å². The Morgan fingerprint density at radius 3 is 1.31 bits per heavy atom. The quantitative estimate of drug-likeness (QED) is 0.0336. The van der Waals surface area contributed by atoms with Crippen molar-refractivity contribution in [1.29, 1.82) is 0 Å². The van der Waals surface area contributed by atoms with E-state index in [0.717, 1.165) is 93.3 Å². The lowest BCUT2D eigenvalue weighted by molar-refractivity contribution is 0.453. The lowest BCUT2D eigenvalue weighted by atomic mass is 9.94. The van der Waals surface area contributed by atoms with Gasteiger partial charge in [0.2, 0.25) is 0 Å². The molecule has 0 fully saturated rings. The highest BCUT2D eigenvalue weighted by Crippen LogP contribution is 2.46. The molecule has 2 heterocycles. The first-order valence-electron chi connectivity index (χ1n) is 16.2. The predicted molar refractivity (Wildman–Crippen MR) is 173 cm³/mol. The molecule has 0 aliphatic rings. The molecule has 48 heavy (non-hydrogen) atoms. The Hall–Kier alpha value is -3.26. The van der Waals surface area contributed by atoms with Gasteiger partial charge in [0.25, 0.3) is 0 Å².